The fraction of sp³-hybridized carbons (Fsp3) is 0.286. The molecule has 0 spiro atoms. The van der Waals surface area contributed by atoms with Gasteiger partial charge in [0.15, 0.2) is 17.2 Å². The Morgan fingerprint density at radius 2 is 1.79 bits per heavy atom. The highest BCUT2D eigenvalue weighted by Gasteiger charge is 2.39. The number of carbonyl (C=O) groups excluding carboxylic acids is 1. The number of aryl methyl sites for hydroxylation is 2. The van der Waals surface area contributed by atoms with Crippen molar-refractivity contribution in [1.82, 2.24) is 35.0 Å². The summed E-state index contributed by atoms with van der Waals surface area (Å²) in [6.07, 6.45) is -9.86. The van der Waals surface area contributed by atoms with Crippen molar-refractivity contribution >= 4 is 11.9 Å². The summed E-state index contributed by atoms with van der Waals surface area (Å²) in [5.41, 5.74) is -3.86. The van der Waals surface area contributed by atoms with Crippen molar-refractivity contribution in [3.63, 3.8) is 0 Å². The zero-order valence-electron chi connectivity index (χ0n) is 14.5. The minimum absolute atomic E-state index is 0.0969. The van der Waals surface area contributed by atoms with Crippen molar-refractivity contribution in [2.75, 3.05) is 5.32 Å². The first-order valence-electron chi connectivity index (χ1n) is 7.64. The third-order valence-electron chi connectivity index (χ3n) is 3.63. The quantitative estimate of drug-likeness (QED) is 0.653. The van der Waals surface area contributed by atoms with E-state index in [9.17, 15) is 31.1 Å². The number of nitrogens with zero attached hydrogens (tertiary/aromatic N) is 7. The van der Waals surface area contributed by atoms with Gasteiger partial charge in [0.05, 0.1) is 5.56 Å². The van der Waals surface area contributed by atoms with Gasteiger partial charge >= 0.3 is 12.4 Å². The van der Waals surface area contributed by atoms with Gasteiger partial charge in [-0.2, -0.15) is 31.4 Å². The summed E-state index contributed by atoms with van der Waals surface area (Å²) in [5.74, 6) is -1.96. The zero-order valence-corrected chi connectivity index (χ0v) is 14.5. The van der Waals surface area contributed by atoms with Gasteiger partial charge in [-0.25, -0.2) is 14.3 Å². The lowest BCUT2D eigenvalue weighted by atomic mass is 10.1. The van der Waals surface area contributed by atoms with Gasteiger partial charge in [-0.05, 0) is 35.5 Å². The molecule has 154 valence electrons. The summed E-state index contributed by atoms with van der Waals surface area (Å²) in [7, 11) is 1.35. The number of nitrogens with one attached hydrogen (secondary N) is 1. The number of hydrogen-bond acceptors (Lipinski definition) is 6. The number of rotatable bonds is 3. The summed E-state index contributed by atoms with van der Waals surface area (Å²) in [6, 6.07) is 2.38. The van der Waals surface area contributed by atoms with E-state index in [2.05, 4.69) is 30.9 Å². The number of anilines is 1. The monoisotopic (exact) mass is 420 g/mol. The van der Waals surface area contributed by atoms with E-state index in [0.717, 1.165) is 16.8 Å². The molecule has 0 aliphatic heterocycles. The predicted molar refractivity (Wildman–Crippen MR) is 82.9 cm³/mol. The van der Waals surface area contributed by atoms with Gasteiger partial charge in [0, 0.05) is 12.7 Å². The molecule has 0 radical (unpaired) electrons. The van der Waals surface area contributed by atoms with Crippen LogP contribution in [0, 0.1) is 6.92 Å². The molecule has 3 heterocycles. The normalized spacial score (nSPS) is 12.3. The molecule has 15 heteroatoms. The third kappa shape index (κ3) is 4.02. The van der Waals surface area contributed by atoms with Crippen LogP contribution in [0.2, 0.25) is 0 Å². The molecule has 1 amide bonds. The number of halogens is 6. The molecule has 29 heavy (non-hydrogen) atoms. The molecular weight excluding hydrogens is 410 g/mol. The van der Waals surface area contributed by atoms with Crippen LogP contribution in [0.15, 0.2) is 18.2 Å². The maximum atomic E-state index is 13.5. The molecule has 0 unspecified atom stereocenters. The standard InChI is InChI=1S/C14H10F6N8O/c1-6-5-8(13(15,16)17)24-28(6)9-4-3-7(10(21-9)14(18,19)20)11(29)22-12-23-25-26-27(12)2/h3-5H,1-2H3,(H,22,23,26,29). The lowest BCUT2D eigenvalue weighted by Gasteiger charge is -2.13. The number of hydrogen-bond donors (Lipinski definition) is 1. The molecule has 0 aliphatic rings. The average molecular weight is 420 g/mol. The van der Waals surface area contributed by atoms with Crippen LogP contribution in [0.25, 0.3) is 5.82 Å². The van der Waals surface area contributed by atoms with E-state index in [0.29, 0.717) is 10.7 Å². The maximum absolute atomic E-state index is 13.5. The van der Waals surface area contributed by atoms with Crippen LogP contribution in [-0.2, 0) is 19.4 Å². The summed E-state index contributed by atoms with van der Waals surface area (Å²) in [4.78, 5) is 15.6. The second-order valence-electron chi connectivity index (χ2n) is 5.72. The average Bonchev–Trinajstić information content (AvgIpc) is 3.19. The van der Waals surface area contributed by atoms with Crippen LogP contribution >= 0.6 is 0 Å². The number of alkyl halides is 6. The first-order valence-corrected chi connectivity index (χ1v) is 7.64. The van der Waals surface area contributed by atoms with E-state index in [4.69, 9.17) is 0 Å². The van der Waals surface area contributed by atoms with Gasteiger partial charge in [0.1, 0.15) is 0 Å². The maximum Gasteiger partial charge on any atom is 0.435 e. The van der Waals surface area contributed by atoms with Gasteiger partial charge < -0.3 is 0 Å². The van der Waals surface area contributed by atoms with Crippen molar-refractivity contribution < 1.29 is 31.1 Å². The Hall–Kier alpha value is -3.52. The first-order chi connectivity index (χ1) is 13.4. The fourth-order valence-corrected chi connectivity index (χ4v) is 2.32. The molecule has 0 fully saturated rings. The summed E-state index contributed by atoms with van der Waals surface area (Å²) in [5, 5.41) is 15.4. The fourth-order valence-electron chi connectivity index (χ4n) is 2.32. The molecule has 0 atom stereocenters. The Morgan fingerprint density at radius 1 is 1.10 bits per heavy atom. The lowest BCUT2D eigenvalue weighted by Crippen LogP contribution is -2.22. The molecule has 3 aromatic rings. The Morgan fingerprint density at radius 3 is 2.31 bits per heavy atom. The van der Waals surface area contributed by atoms with Crippen molar-refractivity contribution in [2.45, 2.75) is 19.3 Å². The first kappa shape index (κ1) is 20.2. The van der Waals surface area contributed by atoms with Crippen molar-refractivity contribution in [1.29, 1.82) is 0 Å². The molecular formula is C14H10F6N8O. The number of pyridine rings is 1. The Labute approximate surface area is 157 Å². The number of amides is 1. The second kappa shape index (κ2) is 6.82. The molecule has 0 aliphatic carbocycles. The number of tetrazole rings is 1. The number of aromatic nitrogens is 7. The Balaban J connectivity index is 2.05. The van der Waals surface area contributed by atoms with E-state index in [1.165, 1.54) is 14.0 Å². The minimum Gasteiger partial charge on any atom is -0.289 e. The highest BCUT2D eigenvalue weighted by Crippen LogP contribution is 2.33. The van der Waals surface area contributed by atoms with E-state index in [1.807, 2.05) is 0 Å². The van der Waals surface area contributed by atoms with Gasteiger partial charge in [-0.15, -0.1) is 0 Å². The SMILES string of the molecule is Cc1cc(C(F)(F)F)nn1-c1ccc(C(=O)Nc2nnnn2C)c(C(F)(F)F)n1. The van der Waals surface area contributed by atoms with Crippen molar-refractivity contribution in [2.24, 2.45) is 7.05 Å². The van der Waals surface area contributed by atoms with Gasteiger partial charge in [-0.3, -0.25) is 10.1 Å². The summed E-state index contributed by atoms with van der Waals surface area (Å²) >= 11 is 0. The minimum atomic E-state index is -5.07. The molecule has 0 saturated heterocycles. The van der Waals surface area contributed by atoms with E-state index in [1.54, 1.807) is 0 Å². The van der Waals surface area contributed by atoms with Crippen LogP contribution in [0.3, 0.4) is 0 Å². The van der Waals surface area contributed by atoms with Crippen LogP contribution in [-0.4, -0.2) is 40.9 Å². The van der Waals surface area contributed by atoms with E-state index in [-0.39, 0.29) is 11.6 Å². The van der Waals surface area contributed by atoms with E-state index < -0.39 is 41.0 Å². The smallest absolute Gasteiger partial charge is 0.289 e. The zero-order chi connectivity index (χ0) is 21.6. The molecule has 0 bridgehead atoms. The lowest BCUT2D eigenvalue weighted by molar-refractivity contribution is -0.142. The number of carbonyl (C=O) groups is 1. The highest BCUT2D eigenvalue weighted by molar-refractivity contribution is 6.04. The van der Waals surface area contributed by atoms with Gasteiger partial charge in [0.25, 0.3) is 5.91 Å². The Kier molecular flexibility index (Phi) is 4.76. The molecule has 3 rings (SSSR count). The molecule has 3 aromatic heterocycles. The third-order valence-corrected chi connectivity index (χ3v) is 3.63. The molecule has 0 aromatic carbocycles. The van der Waals surface area contributed by atoms with Crippen molar-refractivity contribution in [3.05, 3.63) is 40.8 Å². The van der Waals surface area contributed by atoms with Crippen LogP contribution in [0.5, 0.6) is 0 Å². The van der Waals surface area contributed by atoms with Crippen LogP contribution < -0.4 is 5.32 Å². The topological polar surface area (TPSA) is 103 Å². The highest BCUT2D eigenvalue weighted by atomic mass is 19.4. The van der Waals surface area contributed by atoms with Gasteiger partial charge in [-0.1, -0.05) is 5.10 Å². The predicted octanol–water partition coefficient (Wildman–Crippen LogP) is 2.39. The Bertz CT molecular complexity index is 1070. The largest absolute Gasteiger partial charge is 0.435 e. The molecule has 0 saturated carbocycles. The second-order valence-corrected chi connectivity index (χ2v) is 5.72. The molecule has 1 N–H and O–H groups in total. The summed E-state index contributed by atoms with van der Waals surface area (Å²) in [6.45, 7) is 1.22. The van der Waals surface area contributed by atoms with Crippen LogP contribution in [0.4, 0.5) is 32.3 Å². The van der Waals surface area contributed by atoms with Crippen molar-refractivity contribution in [3.8, 4) is 5.82 Å². The van der Waals surface area contributed by atoms with Crippen LogP contribution in [0.1, 0.15) is 27.4 Å². The van der Waals surface area contributed by atoms with Gasteiger partial charge in [0.2, 0.25) is 5.95 Å². The molecule has 9 nitrogen and oxygen atoms in total. The van der Waals surface area contributed by atoms with E-state index >= 15 is 0 Å². The summed E-state index contributed by atoms with van der Waals surface area (Å²) < 4.78 is 80.4.